The van der Waals surface area contributed by atoms with E-state index >= 15 is 0 Å². The highest BCUT2D eigenvalue weighted by molar-refractivity contribution is 5.88. The molecule has 0 aromatic heterocycles. The normalized spacial score (nSPS) is 32.5. The number of carboxylic acid groups (broad SMARTS) is 1. The van der Waals surface area contributed by atoms with Gasteiger partial charge in [-0.2, -0.15) is 0 Å². The fraction of sp³-hybridized carbons (Fsp3) is 0.867. The Balaban J connectivity index is 2.20. The molecule has 3 N–H and O–H groups in total. The lowest BCUT2D eigenvalue weighted by Crippen LogP contribution is -2.54. The Labute approximate surface area is 120 Å². The molecule has 0 spiro atoms. The maximum Gasteiger partial charge on any atom is 0.326 e. The lowest BCUT2D eigenvalue weighted by Gasteiger charge is -2.35. The average molecular weight is 282 g/mol. The molecule has 2 fully saturated rings. The Bertz CT molecular complexity index is 385. The van der Waals surface area contributed by atoms with Crippen molar-refractivity contribution >= 4 is 11.9 Å². The molecule has 5 heteroatoms. The van der Waals surface area contributed by atoms with E-state index in [2.05, 4.69) is 0 Å². The van der Waals surface area contributed by atoms with Gasteiger partial charge in [0.25, 0.3) is 0 Å². The summed E-state index contributed by atoms with van der Waals surface area (Å²) in [6.07, 6.45) is 5.61. The van der Waals surface area contributed by atoms with Gasteiger partial charge in [0, 0.05) is 6.04 Å². The van der Waals surface area contributed by atoms with E-state index in [4.69, 9.17) is 5.73 Å². The predicted octanol–water partition coefficient (Wildman–Crippen LogP) is 1.60. The van der Waals surface area contributed by atoms with Crippen molar-refractivity contribution in [2.24, 2.45) is 17.6 Å². The maximum absolute atomic E-state index is 12.7. The molecule has 1 heterocycles. The summed E-state index contributed by atoms with van der Waals surface area (Å²) in [6.45, 7) is 3.95. The van der Waals surface area contributed by atoms with Gasteiger partial charge in [-0.05, 0) is 31.1 Å². The molecular weight excluding hydrogens is 256 g/mol. The molecule has 1 saturated carbocycles. The van der Waals surface area contributed by atoms with Crippen LogP contribution < -0.4 is 5.73 Å². The summed E-state index contributed by atoms with van der Waals surface area (Å²) in [5.74, 6) is -0.622. The Morgan fingerprint density at radius 3 is 2.60 bits per heavy atom. The third-order valence-electron chi connectivity index (χ3n) is 5.17. The van der Waals surface area contributed by atoms with E-state index < -0.39 is 18.1 Å². The number of aliphatic carboxylic acids is 1. The van der Waals surface area contributed by atoms with Crippen LogP contribution in [0.5, 0.6) is 0 Å². The van der Waals surface area contributed by atoms with Crippen LogP contribution >= 0.6 is 0 Å². The minimum Gasteiger partial charge on any atom is -0.480 e. The minimum absolute atomic E-state index is 0.0829. The van der Waals surface area contributed by atoms with Crippen molar-refractivity contribution < 1.29 is 14.7 Å². The van der Waals surface area contributed by atoms with Crippen LogP contribution in [-0.2, 0) is 9.59 Å². The zero-order valence-electron chi connectivity index (χ0n) is 12.4. The number of nitrogens with two attached hydrogens (primary N) is 1. The van der Waals surface area contributed by atoms with Crippen molar-refractivity contribution in [3.05, 3.63) is 0 Å². The molecule has 2 aliphatic rings. The molecule has 1 amide bonds. The zero-order valence-corrected chi connectivity index (χ0v) is 12.4. The van der Waals surface area contributed by atoms with Crippen LogP contribution in [0.2, 0.25) is 0 Å². The number of rotatable bonds is 4. The smallest absolute Gasteiger partial charge is 0.326 e. The first-order chi connectivity index (χ1) is 9.47. The highest BCUT2D eigenvalue weighted by Crippen LogP contribution is 2.40. The van der Waals surface area contributed by atoms with E-state index in [1.165, 1.54) is 0 Å². The largest absolute Gasteiger partial charge is 0.480 e. The number of amides is 1. The quantitative estimate of drug-likeness (QED) is 0.820. The molecule has 20 heavy (non-hydrogen) atoms. The first-order valence-corrected chi connectivity index (χ1v) is 7.77. The monoisotopic (exact) mass is 282 g/mol. The molecule has 1 aliphatic heterocycles. The summed E-state index contributed by atoms with van der Waals surface area (Å²) in [6, 6.07) is -1.17. The highest BCUT2D eigenvalue weighted by atomic mass is 16.4. The number of hydrogen-bond donors (Lipinski definition) is 2. The molecule has 1 aliphatic carbocycles. The molecular formula is C15H26N2O3. The summed E-state index contributed by atoms with van der Waals surface area (Å²) in [5, 5.41) is 9.42. The highest BCUT2D eigenvalue weighted by Gasteiger charge is 2.48. The van der Waals surface area contributed by atoms with Gasteiger partial charge in [-0.25, -0.2) is 4.79 Å². The van der Waals surface area contributed by atoms with Gasteiger partial charge in [0.2, 0.25) is 5.91 Å². The number of carbonyl (C=O) groups excluding carboxylic acids is 1. The van der Waals surface area contributed by atoms with Crippen molar-refractivity contribution in [1.29, 1.82) is 0 Å². The summed E-state index contributed by atoms with van der Waals surface area (Å²) < 4.78 is 0. The Morgan fingerprint density at radius 2 is 2.00 bits per heavy atom. The van der Waals surface area contributed by atoms with E-state index in [0.717, 1.165) is 32.1 Å². The lowest BCUT2D eigenvalue weighted by molar-refractivity contribution is -0.151. The third kappa shape index (κ3) is 2.68. The summed E-state index contributed by atoms with van der Waals surface area (Å²) in [4.78, 5) is 25.8. The maximum atomic E-state index is 12.7. The van der Waals surface area contributed by atoms with Crippen molar-refractivity contribution in [3.8, 4) is 0 Å². The van der Waals surface area contributed by atoms with Gasteiger partial charge in [-0.1, -0.05) is 33.1 Å². The van der Waals surface area contributed by atoms with Crippen molar-refractivity contribution in [1.82, 2.24) is 4.90 Å². The molecule has 3 unspecified atom stereocenters. The van der Waals surface area contributed by atoms with Gasteiger partial charge in [0.05, 0.1) is 6.04 Å². The van der Waals surface area contributed by atoms with Crippen molar-refractivity contribution in [2.75, 3.05) is 0 Å². The van der Waals surface area contributed by atoms with Gasteiger partial charge in [-0.3, -0.25) is 4.79 Å². The number of fused-ring (bicyclic) bond motifs is 1. The van der Waals surface area contributed by atoms with Gasteiger partial charge >= 0.3 is 5.97 Å². The van der Waals surface area contributed by atoms with Gasteiger partial charge in [0.15, 0.2) is 0 Å². The van der Waals surface area contributed by atoms with Crippen LogP contribution in [0.4, 0.5) is 0 Å². The van der Waals surface area contributed by atoms with Crippen LogP contribution in [0.25, 0.3) is 0 Å². The molecule has 1 saturated heterocycles. The van der Waals surface area contributed by atoms with Crippen LogP contribution in [-0.4, -0.2) is 40.0 Å². The molecule has 0 aromatic rings. The number of carbonyl (C=O) groups is 2. The molecule has 5 atom stereocenters. The van der Waals surface area contributed by atoms with E-state index in [0.29, 0.717) is 12.3 Å². The van der Waals surface area contributed by atoms with E-state index in [-0.39, 0.29) is 17.9 Å². The number of carboxylic acids is 1. The summed E-state index contributed by atoms with van der Waals surface area (Å²) in [7, 11) is 0. The van der Waals surface area contributed by atoms with Gasteiger partial charge < -0.3 is 15.7 Å². The second-order valence-corrected chi connectivity index (χ2v) is 6.36. The second-order valence-electron chi connectivity index (χ2n) is 6.36. The van der Waals surface area contributed by atoms with E-state index in [9.17, 15) is 14.7 Å². The first kappa shape index (κ1) is 15.3. The Hall–Kier alpha value is -1.10. The minimum atomic E-state index is -0.885. The van der Waals surface area contributed by atoms with Crippen molar-refractivity contribution in [2.45, 2.75) is 70.5 Å². The molecule has 0 bridgehead atoms. The molecule has 5 nitrogen and oxygen atoms in total. The van der Waals surface area contributed by atoms with E-state index in [1.54, 1.807) is 4.90 Å². The van der Waals surface area contributed by atoms with Crippen molar-refractivity contribution in [3.63, 3.8) is 0 Å². The fourth-order valence-corrected chi connectivity index (χ4v) is 3.67. The SMILES string of the molecule is CC[C@H](C)[C@H](N)C(=O)N1C(C(=O)O)CC2CCCCC21. The van der Waals surface area contributed by atoms with Gasteiger partial charge in [-0.15, -0.1) is 0 Å². The van der Waals surface area contributed by atoms with Crippen LogP contribution in [0.1, 0.15) is 52.4 Å². The van der Waals surface area contributed by atoms with Gasteiger partial charge in [0.1, 0.15) is 6.04 Å². The molecule has 114 valence electrons. The Morgan fingerprint density at radius 1 is 1.35 bits per heavy atom. The van der Waals surface area contributed by atoms with Crippen LogP contribution in [0.3, 0.4) is 0 Å². The topological polar surface area (TPSA) is 83.6 Å². The number of likely N-dealkylation sites (tertiary alicyclic amines) is 1. The first-order valence-electron chi connectivity index (χ1n) is 7.77. The fourth-order valence-electron chi connectivity index (χ4n) is 3.67. The Kier molecular flexibility index (Phi) is 4.68. The van der Waals surface area contributed by atoms with Crippen LogP contribution in [0.15, 0.2) is 0 Å². The standard InChI is InChI=1S/C15H26N2O3/c1-3-9(2)13(16)14(18)17-11-7-5-4-6-10(11)8-12(17)15(19)20/h9-13H,3-8,16H2,1-2H3,(H,19,20)/t9-,10?,11?,12?,13-/m0/s1. The molecule has 0 radical (unpaired) electrons. The average Bonchev–Trinajstić information content (AvgIpc) is 2.84. The molecule has 0 aromatic carbocycles. The number of hydrogen-bond acceptors (Lipinski definition) is 3. The summed E-state index contributed by atoms with van der Waals surface area (Å²) >= 11 is 0. The second kappa shape index (κ2) is 6.12. The van der Waals surface area contributed by atoms with E-state index in [1.807, 2.05) is 13.8 Å². The lowest BCUT2D eigenvalue weighted by atomic mass is 9.84. The zero-order chi connectivity index (χ0) is 14.9. The number of nitrogens with zero attached hydrogens (tertiary/aromatic N) is 1. The summed E-state index contributed by atoms with van der Waals surface area (Å²) in [5.41, 5.74) is 6.05. The van der Waals surface area contributed by atoms with Crippen LogP contribution in [0, 0.1) is 11.8 Å². The molecule has 2 rings (SSSR count). The third-order valence-corrected chi connectivity index (χ3v) is 5.17. The predicted molar refractivity (Wildman–Crippen MR) is 76.1 cm³/mol.